The van der Waals surface area contributed by atoms with Gasteiger partial charge in [-0.2, -0.15) is 0 Å². The lowest BCUT2D eigenvalue weighted by molar-refractivity contribution is 0.176. The van der Waals surface area contributed by atoms with Crippen LogP contribution in [0.2, 0.25) is 0 Å². The van der Waals surface area contributed by atoms with E-state index in [0.717, 1.165) is 43.0 Å². The lowest BCUT2D eigenvalue weighted by Gasteiger charge is -2.25. The summed E-state index contributed by atoms with van der Waals surface area (Å²) in [5, 5.41) is 9.09. The molecule has 0 saturated heterocycles. The number of rotatable bonds is 7. The third-order valence-corrected chi connectivity index (χ3v) is 5.54. The molecule has 26 heavy (non-hydrogen) atoms. The highest BCUT2D eigenvalue weighted by Gasteiger charge is 2.25. The minimum absolute atomic E-state index is 0.238. The van der Waals surface area contributed by atoms with E-state index in [1.807, 2.05) is 22.8 Å². The number of halogens is 2. The van der Waals surface area contributed by atoms with Crippen molar-refractivity contribution >= 4 is 11.8 Å². The van der Waals surface area contributed by atoms with Crippen LogP contribution in [-0.2, 0) is 0 Å². The van der Waals surface area contributed by atoms with Crippen molar-refractivity contribution in [2.75, 3.05) is 20.0 Å². The topological polar surface area (TPSA) is 49.2 Å². The van der Waals surface area contributed by atoms with Crippen molar-refractivity contribution < 1.29 is 18.3 Å². The Balaban J connectivity index is 2.00. The Morgan fingerprint density at radius 3 is 2.50 bits per heavy atom. The zero-order valence-corrected chi connectivity index (χ0v) is 15.8. The zero-order valence-electron chi connectivity index (χ0n) is 15.0. The molecule has 1 saturated carbocycles. The molecule has 1 aliphatic rings. The van der Waals surface area contributed by atoms with Crippen LogP contribution < -0.4 is 9.47 Å². The Morgan fingerprint density at radius 1 is 1.12 bits per heavy atom. The van der Waals surface area contributed by atoms with E-state index in [9.17, 15) is 8.78 Å². The van der Waals surface area contributed by atoms with Crippen molar-refractivity contribution in [3.8, 4) is 22.9 Å². The highest BCUT2D eigenvalue weighted by molar-refractivity contribution is 7.99. The van der Waals surface area contributed by atoms with Gasteiger partial charge < -0.3 is 9.47 Å². The smallest absolute Gasteiger partial charge is 0.248 e. The number of thioether (sulfide) groups is 1. The SMILES string of the molecule is COc1ccc(-c2nnc(SCC(F)F)n2C2CCCCC2)cc1OC. The number of hydrogen-bond donors (Lipinski definition) is 0. The lowest BCUT2D eigenvalue weighted by Crippen LogP contribution is -2.15. The molecular formula is C18H23F2N3O2S. The number of alkyl halides is 2. The van der Waals surface area contributed by atoms with Crippen molar-refractivity contribution in [1.82, 2.24) is 14.8 Å². The number of methoxy groups -OCH3 is 2. The Labute approximate surface area is 156 Å². The molecule has 1 aromatic heterocycles. The van der Waals surface area contributed by atoms with Gasteiger partial charge in [-0.15, -0.1) is 10.2 Å². The van der Waals surface area contributed by atoms with Gasteiger partial charge in [0.2, 0.25) is 6.43 Å². The number of benzene rings is 1. The third kappa shape index (κ3) is 4.11. The largest absolute Gasteiger partial charge is 0.493 e. The summed E-state index contributed by atoms with van der Waals surface area (Å²) < 4.78 is 38.1. The molecule has 0 spiro atoms. The fraction of sp³-hybridized carbons (Fsp3) is 0.556. The van der Waals surface area contributed by atoms with E-state index in [4.69, 9.17) is 9.47 Å². The number of ether oxygens (including phenoxy) is 2. The van der Waals surface area contributed by atoms with E-state index in [-0.39, 0.29) is 11.8 Å². The van der Waals surface area contributed by atoms with Crippen LogP contribution in [0.25, 0.3) is 11.4 Å². The number of aromatic nitrogens is 3. The van der Waals surface area contributed by atoms with Crippen molar-refractivity contribution in [1.29, 1.82) is 0 Å². The summed E-state index contributed by atoms with van der Waals surface area (Å²) in [6.07, 6.45) is 3.13. The highest BCUT2D eigenvalue weighted by atomic mass is 32.2. The van der Waals surface area contributed by atoms with Crippen LogP contribution in [0.4, 0.5) is 8.78 Å². The average molecular weight is 383 g/mol. The molecule has 1 heterocycles. The van der Waals surface area contributed by atoms with Crippen LogP contribution in [-0.4, -0.2) is 41.2 Å². The van der Waals surface area contributed by atoms with Gasteiger partial charge in [-0.3, -0.25) is 4.57 Å². The monoisotopic (exact) mass is 383 g/mol. The van der Waals surface area contributed by atoms with Gasteiger partial charge in [0.05, 0.1) is 20.0 Å². The van der Waals surface area contributed by atoms with Gasteiger partial charge in [0.1, 0.15) is 0 Å². The summed E-state index contributed by atoms with van der Waals surface area (Å²) in [7, 11) is 3.17. The zero-order chi connectivity index (χ0) is 18.5. The Bertz CT molecular complexity index is 733. The van der Waals surface area contributed by atoms with E-state index in [1.165, 1.54) is 6.42 Å². The maximum Gasteiger partial charge on any atom is 0.248 e. The second kappa shape index (κ2) is 8.70. The van der Waals surface area contributed by atoms with Crippen LogP contribution in [0.1, 0.15) is 38.1 Å². The van der Waals surface area contributed by atoms with Gasteiger partial charge in [-0.05, 0) is 31.0 Å². The maximum absolute atomic E-state index is 12.7. The van der Waals surface area contributed by atoms with Gasteiger partial charge >= 0.3 is 0 Å². The second-order valence-electron chi connectivity index (χ2n) is 6.24. The van der Waals surface area contributed by atoms with Crippen LogP contribution in [0.3, 0.4) is 0 Å². The van der Waals surface area contributed by atoms with Gasteiger partial charge in [-0.1, -0.05) is 31.0 Å². The summed E-state index contributed by atoms with van der Waals surface area (Å²) in [5.74, 6) is 1.64. The minimum atomic E-state index is -2.37. The van der Waals surface area contributed by atoms with Gasteiger partial charge in [0, 0.05) is 11.6 Å². The summed E-state index contributed by atoms with van der Waals surface area (Å²) in [5.41, 5.74) is 0.838. The molecule has 1 fully saturated rings. The fourth-order valence-electron chi connectivity index (χ4n) is 3.35. The predicted molar refractivity (Wildman–Crippen MR) is 97.4 cm³/mol. The molecular weight excluding hydrogens is 360 g/mol. The quantitative estimate of drug-likeness (QED) is 0.641. The first kappa shape index (κ1) is 18.9. The molecule has 0 aliphatic heterocycles. The molecule has 0 amide bonds. The molecule has 0 bridgehead atoms. The van der Waals surface area contributed by atoms with Gasteiger partial charge in [-0.25, -0.2) is 8.78 Å². The normalized spacial score (nSPS) is 15.4. The first-order chi connectivity index (χ1) is 12.6. The Hall–Kier alpha value is -1.83. The van der Waals surface area contributed by atoms with Crippen molar-refractivity contribution in [2.24, 2.45) is 0 Å². The van der Waals surface area contributed by atoms with E-state index in [0.29, 0.717) is 22.5 Å². The lowest BCUT2D eigenvalue weighted by atomic mass is 9.95. The van der Waals surface area contributed by atoms with Gasteiger partial charge in [0.25, 0.3) is 0 Å². The van der Waals surface area contributed by atoms with Crippen LogP contribution >= 0.6 is 11.8 Å². The minimum Gasteiger partial charge on any atom is -0.493 e. The molecule has 0 N–H and O–H groups in total. The summed E-state index contributed by atoms with van der Waals surface area (Å²) >= 11 is 1.07. The molecule has 1 aromatic carbocycles. The number of hydrogen-bond acceptors (Lipinski definition) is 5. The summed E-state index contributed by atoms with van der Waals surface area (Å²) in [4.78, 5) is 0. The molecule has 3 rings (SSSR count). The molecule has 5 nitrogen and oxygen atoms in total. The molecule has 142 valence electrons. The van der Waals surface area contributed by atoms with E-state index in [2.05, 4.69) is 10.2 Å². The van der Waals surface area contributed by atoms with Crippen molar-refractivity contribution in [3.63, 3.8) is 0 Å². The third-order valence-electron chi connectivity index (χ3n) is 4.58. The average Bonchev–Trinajstić information content (AvgIpc) is 3.10. The standard InChI is InChI=1S/C18H23F2N3O2S/c1-24-14-9-8-12(10-15(14)25-2)17-21-22-18(26-11-16(19)20)23(17)13-6-4-3-5-7-13/h8-10,13,16H,3-7,11H2,1-2H3. The molecule has 0 radical (unpaired) electrons. The fourth-order valence-corrected chi connectivity index (χ4v) is 4.10. The highest BCUT2D eigenvalue weighted by Crippen LogP contribution is 2.38. The maximum atomic E-state index is 12.7. The van der Waals surface area contributed by atoms with E-state index in [1.54, 1.807) is 14.2 Å². The van der Waals surface area contributed by atoms with Crippen molar-refractivity contribution in [3.05, 3.63) is 18.2 Å². The first-order valence-electron chi connectivity index (χ1n) is 8.72. The van der Waals surface area contributed by atoms with Crippen molar-refractivity contribution in [2.45, 2.75) is 49.7 Å². The van der Waals surface area contributed by atoms with E-state index < -0.39 is 6.43 Å². The Morgan fingerprint density at radius 2 is 1.85 bits per heavy atom. The van der Waals surface area contributed by atoms with E-state index >= 15 is 0 Å². The molecule has 8 heteroatoms. The van der Waals surface area contributed by atoms with Crippen LogP contribution in [0.5, 0.6) is 11.5 Å². The first-order valence-corrected chi connectivity index (χ1v) is 9.70. The summed E-state index contributed by atoms with van der Waals surface area (Å²) in [6, 6.07) is 5.80. The van der Waals surface area contributed by atoms with Crippen LogP contribution in [0, 0.1) is 0 Å². The molecule has 2 aromatic rings. The predicted octanol–water partition coefficient (Wildman–Crippen LogP) is 4.82. The van der Waals surface area contributed by atoms with Crippen LogP contribution in [0.15, 0.2) is 23.4 Å². The summed E-state index contributed by atoms with van der Waals surface area (Å²) in [6.45, 7) is 0. The second-order valence-corrected chi connectivity index (χ2v) is 7.23. The Kier molecular flexibility index (Phi) is 6.34. The molecule has 0 unspecified atom stereocenters. The van der Waals surface area contributed by atoms with Gasteiger partial charge in [0.15, 0.2) is 22.5 Å². The number of nitrogens with zero attached hydrogens (tertiary/aromatic N) is 3. The molecule has 1 aliphatic carbocycles. The molecule has 0 atom stereocenters.